The number of amides is 1. The summed E-state index contributed by atoms with van der Waals surface area (Å²) in [5, 5.41) is 3.17. The summed E-state index contributed by atoms with van der Waals surface area (Å²) in [6, 6.07) is 6.10. The van der Waals surface area contributed by atoms with Gasteiger partial charge in [0.15, 0.2) is 0 Å². The first-order chi connectivity index (χ1) is 8.75. The Hall–Kier alpha value is -0.480. The zero-order chi connectivity index (χ0) is 12.5. The molecule has 2 nitrogen and oxygen atoms in total. The predicted molar refractivity (Wildman–Crippen MR) is 79.0 cm³/mol. The second-order valence-corrected chi connectivity index (χ2v) is 7.08. The molecule has 1 aromatic rings. The molecule has 0 aromatic heterocycles. The van der Waals surface area contributed by atoms with Crippen molar-refractivity contribution in [3.05, 3.63) is 22.7 Å². The van der Waals surface area contributed by atoms with E-state index in [1.165, 1.54) is 37.0 Å². The lowest BCUT2D eigenvalue weighted by atomic mass is 9.86. The first-order valence-electron chi connectivity index (χ1n) is 6.52. The average molecular weight is 326 g/mol. The maximum atomic E-state index is 12.3. The number of hydrogen-bond donors (Lipinski definition) is 1. The lowest BCUT2D eigenvalue weighted by Crippen LogP contribution is -2.36. The summed E-state index contributed by atoms with van der Waals surface area (Å²) in [5.41, 5.74) is 0.944. The molecule has 2 aliphatic rings. The van der Waals surface area contributed by atoms with Gasteiger partial charge in [-0.05, 0) is 46.8 Å². The van der Waals surface area contributed by atoms with Crippen LogP contribution in [0.25, 0.3) is 0 Å². The smallest absolute Gasteiger partial charge is 0.238 e. The summed E-state index contributed by atoms with van der Waals surface area (Å²) >= 11 is 5.24. The van der Waals surface area contributed by atoms with Crippen LogP contribution in [0.1, 0.15) is 32.1 Å². The van der Waals surface area contributed by atoms with Gasteiger partial charge in [-0.1, -0.05) is 25.3 Å². The molecular formula is C14H16BrNOS. The number of benzene rings is 1. The summed E-state index contributed by atoms with van der Waals surface area (Å²) in [6.45, 7) is 0. The van der Waals surface area contributed by atoms with Gasteiger partial charge in [-0.3, -0.25) is 4.79 Å². The molecule has 1 fully saturated rings. The standard InChI is InChI=1S/C14H16BrNOS/c15-10-7-4-8-11-12(10)16-14(17)13(18-11)9-5-2-1-3-6-9/h4,7-9,13H,1-3,5-6H2,(H,16,17). The monoisotopic (exact) mass is 325 g/mol. The van der Waals surface area contributed by atoms with E-state index >= 15 is 0 Å². The lowest BCUT2D eigenvalue weighted by molar-refractivity contribution is -0.116. The van der Waals surface area contributed by atoms with Crippen LogP contribution in [0.3, 0.4) is 0 Å². The topological polar surface area (TPSA) is 29.1 Å². The molecule has 1 aliphatic heterocycles. The van der Waals surface area contributed by atoms with Crippen molar-refractivity contribution < 1.29 is 4.79 Å². The van der Waals surface area contributed by atoms with Gasteiger partial charge in [0.2, 0.25) is 5.91 Å². The van der Waals surface area contributed by atoms with Crippen LogP contribution >= 0.6 is 27.7 Å². The molecule has 1 amide bonds. The Kier molecular flexibility index (Phi) is 3.66. The fourth-order valence-electron chi connectivity index (χ4n) is 2.86. The Morgan fingerprint density at radius 2 is 2.00 bits per heavy atom. The van der Waals surface area contributed by atoms with E-state index in [4.69, 9.17) is 0 Å². The van der Waals surface area contributed by atoms with E-state index in [2.05, 4.69) is 27.3 Å². The molecule has 18 heavy (non-hydrogen) atoms. The van der Waals surface area contributed by atoms with Gasteiger partial charge in [0.1, 0.15) is 0 Å². The Morgan fingerprint density at radius 3 is 2.78 bits per heavy atom. The maximum absolute atomic E-state index is 12.3. The highest BCUT2D eigenvalue weighted by Crippen LogP contribution is 2.44. The van der Waals surface area contributed by atoms with Crippen LogP contribution in [0.5, 0.6) is 0 Å². The summed E-state index contributed by atoms with van der Waals surface area (Å²) in [7, 11) is 0. The quantitative estimate of drug-likeness (QED) is 0.826. The van der Waals surface area contributed by atoms with Gasteiger partial charge in [-0.15, -0.1) is 11.8 Å². The molecule has 1 heterocycles. The number of rotatable bonds is 1. The minimum atomic E-state index is 0.104. The summed E-state index contributed by atoms with van der Waals surface area (Å²) in [6.07, 6.45) is 6.29. The van der Waals surface area contributed by atoms with Gasteiger partial charge in [-0.25, -0.2) is 0 Å². The van der Waals surface area contributed by atoms with Crippen molar-refractivity contribution in [1.29, 1.82) is 0 Å². The molecule has 1 aliphatic carbocycles. The number of nitrogens with one attached hydrogen (secondary N) is 1. The Labute approximate surface area is 120 Å². The number of carbonyl (C=O) groups excluding carboxylic acids is 1. The van der Waals surface area contributed by atoms with E-state index in [1.54, 1.807) is 11.8 Å². The maximum Gasteiger partial charge on any atom is 0.238 e. The van der Waals surface area contributed by atoms with Crippen LogP contribution in [0.15, 0.2) is 27.6 Å². The van der Waals surface area contributed by atoms with Crippen LogP contribution in [0, 0.1) is 5.92 Å². The van der Waals surface area contributed by atoms with Crippen LogP contribution in [0.2, 0.25) is 0 Å². The normalized spacial score (nSPS) is 24.5. The highest BCUT2D eigenvalue weighted by molar-refractivity contribution is 9.10. The third-order valence-corrected chi connectivity index (χ3v) is 5.92. The summed E-state index contributed by atoms with van der Waals surface area (Å²) in [4.78, 5) is 13.4. The first-order valence-corrected chi connectivity index (χ1v) is 8.19. The molecule has 0 saturated heterocycles. The van der Waals surface area contributed by atoms with Crippen molar-refractivity contribution in [1.82, 2.24) is 0 Å². The SMILES string of the molecule is O=C1Nc2c(Br)cccc2SC1C1CCCCC1. The molecule has 1 saturated carbocycles. The fourth-order valence-corrected chi connectivity index (χ4v) is 4.79. The van der Waals surface area contributed by atoms with Gasteiger partial charge in [0.05, 0.1) is 10.9 Å². The van der Waals surface area contributed by atoms with E-state index in [-0.39, 0.29) is 11.2 Å². The third kappa shape index (κ3) is 2.32. The number of fused-ring (bicyclic) bond motifs is 1. The van der Waals surface area contributed by atoms with Gasteiger partial charge in [0, 0.05) is 9.37 Å². The summed E-state index contributed by atoms with van der Waals surface area (Å²) < 4.78 is 0.975. The molecule has 0 spiro atoms. The van der Waals surface area contributed by atoms with Crippen molar-refractivity contribution in [2.75, 3.05) is 5.32 Å². The Morgan fingerprint density at radius 1 is 1.22 bits per heavy atom. The van der Waals surface area contributed by atoms with Gasteiger partial charge < -0.3 is 5.32 Å². The van der Waals surface area contributed by atoms with Crippen LogP contribution in [-0.2, 0) is 4.79 Å². The number of hydrogen-bond acceptors (Lipinski definition) is 2. The van der Waals surface area contributed by atoms with Gasteiger partial charge in [-0.2, -0.15) is 0 Å². The zero-order valence-electron chi connectivity index (χ0n) is 10.1. The van der Waals surface area contributed by atoms with Crippen molar-refractivity contribution in [3.63, 3.8) is 0 Å². The second-order valence-electron chi connectivity index (χ2n) is 5.04. The minimum Gasteiger partial charge on any atom is -0.323 e. The molecule has 1 unspecified atom stereocenters. The largest absolute Gasteiger partial charge is 0.323 e. The number of thioether (sulfide) groups is 1. The molecule has 1 N–H and O–H groups in total. The Bertz CT molecular complexity index is 471. The fraction of sp³-hybridized carbons (Fsp3) is 0.500. The van der Waals surface area contributed by atoms with E-state index in [9.17, 15) is 4.79 Å². The number of anilines is 1. The molecule has 0 radical (unpaired) electrons. The minimum absolute atomic E-state index is 0.104. The molecular weight excluding hydrogens is 310 g/mol. The van der Waals surface area contributed by atoms with Crippen molar-refractivity contribution >= 4 is 39.3 Å². The third-order valence-electron chi connectivity index (χ3n) is 3.81. The summed E-state index contributed by atoms with van der Waals surface area (Å²) in [5.74, 6) is 0.738. The van der Waals surface area contributed by atoms with E-state index < -0.39 is 0 Å². The van der Waals surface area contributed by atoms with Crippen LogP contribution in [0.4, 0.5) is 5.69 Å². The molecule has 96 valence electrons. The predicted octanol–water partition coefficient (Wildman–Crippen LogP) is 4.44. The number of para-hydroxylation sites is 1. The lowest BCUT2D eigenvalue weighted by Gasteiger charge is -2.32. The average Bonchev–Trinajstić information content (AvgIpc) is 2.40. The Balaban J connectivity index is 1.85. The zero-order valence-corrected chi connectivity index (χ0v) is 12.5. The molecule has 1 aromatic carbocycles. The van der Waals surface area contributed by atoms with Gasteiger partial charge >= 0.3 is 0 Å². The van der Waals surface area contributed by atoms with Crippen molar-refractivity contribution in [2.24, 2.45) is 5.92 Å². The molecule has 0 bridgehead atoms. The van der Waals surface area contributed by atoms with Crippen LogP contribution < -0.4 is 5.32 Å². The van der Waals surface area contributed by atoms with E-state index in [1.807, 2.05) is 12.1 Å². The van der Waals surface area contributed by atoms with Crippen molar-refractivity contribution in [2.45, 2.75) is 42.2 Å². The van der Waals surface area contributed by atoms with Crippen molar-refractivity contribution in [3.8, 4) is 0 Å². The van der Waals surface area contributed by atoms with Crippen LogP contribution in [-0.4, -0.2) is 11.2 Å². The van der Waals surface area contributed by atoms with E-state index in [0.29, 0.717) is 5.92 Å². The molecule has 3 rings (SSSR count). The number of halogens is 1. The molecule has 4 heteroatoms. The van der Waals surface area contributed by atoms with Gasteiger partial charge in [0.25, 0.3) is 0 Å². The highest BCUT2D eigenvalue weighted by atomic mass is 79.9. The van der Waals surface area contributed by atoms with E-state index in [0.717, 1.165) is 10.2 Å². The first kappa shape index (κ1) is 12.5. The molecule has 1 atom stereocenters. The second kappa shape index (κ2) is 5.25. The number of carbonyl (C=O) groups is 1. The highest BCUT2D eigenvalue weighted by Gasteiger charge is 2.34.